The molecule has 0 atom stereocenters. The number of carbonyl (C=O) groups is 1. The molecule has 36 heavy (non-hydrogen) atoms. The van der Waals surface area contributed by atoms with Gasteiger partial charge in [-0.05, 0) is 35.7 Å². The first-order chi connectivity index (χ1) is 17.0. The van der Waals surface area contributed by atoms with Crippen molar-refractivity contribution in [3.05, 3.63) is 77.8 Å². The lowest BCUT2D eigenvalue weighted by Crippen LogP contribution is -2.20. The number of thiazole rings is 1. The molecule has 2 heterocycles. The molecule has 0 bridgehead atoms. The third kappa shape index (κ3) is 6.07. The van der Waals surface area contributed by atoms with Crippen LogP contribution in [0.25, 0.3) is 11.3 Å². The lowest BCUT2D eigenvalue weighted by Gasteiger charge is -2.22. The number of ether oxygens (including phenoxy) is 1. The average molecular weight is 523 g/mol. The molecule has 2 N–H and O–H groups in total. The Morgan fingerprint density at radius 2 is 1.69 bits per heavy atom. The van der Waals surface area contributed by atoms with E-state index in [1.54, 1.807) is 35.8 Å². The molecular formula is C26H26N4O4S2. The van der Waals surface area contributed by atoms with Crippen molar-refractivity contribution in [3.8, 4) is 22.9 Å². The number of urea groups is 1. The molecule has 0 radical (unpaired) electrons. The molecule has 4 aromatic rings. The number of nitrogens with one attached hydrogen (secondary N) is 2. The molecular weight excluding hydrogens is 496 g/mol. The molecule has 0 unspecified atom stereocenters. The van der Waals surface area contributed by atoms with Gasteiger partial charge in [0.05, 0.1) is 10.6 Å². The fourth-order valence-corrected chi connectivity index (χ4v) is 4.78. The Bertz CT molecular complexity index is 1490. The molecule has 0 aliphatic carbocycles. The predicted molar refractivity (Wildman–Crippen MR) is 143 cm³/mol. The molecule has 4 rings (SSSR count). The third-order valence-electron chi connectivity index (χ3n) is 5.22. The fraction of sp³-hybridized carbons (Fsp3) is 0.192. The third-order valence-corrected chi connectivity index (χ3v) is 7.11. The Morgan fingerprint density at radius 1 is 0.972 bits per heavy atom. The second kappa shape index (κ2) is 10.1. The first-order valence-corrected chi connectivity index (χ1v) is 13.8. The maximum absolute atomic E-state index is 12.7. The van der Waals surface area contributed by atoms with Crippen molar-refractivity contribution < 1.29 is 17.9 Å². The normalized spacial score (nSPS) is 11.7. The maximum atomic E-state index is 12.7. The molecule has 0 spiro atoms. The van der Waals surface area contributed by atoms with Gasteiger partial charge in [0.25, 0.3) is 0 Å². The van der Waals surface area contributed by atoms with Crippen LogP contribution in [0.4, 0.5) is 15.6 Å². The summed E-state index contributed by atoms with van der Waals surface area (Å²) in [6.45, 7) is 6.30. The van der Waals surface area contributed by atoms with E-state index in [-0.39, 0.29) is 16.2 Å². The summed E-state index contributed by atoms with van der Waals surface area (Å²) in [5.74, 6) is 0.939. The quantitative estimate of drug-likeness (QED) is 0.306. The standard InChI is InChI=1S/C26H26N4O4S2/c1-26(2,3)19-8-5-6-10-22(19)34-23-20(9-7-15-27-23)28-24(31)30-25-29-21(16-35-25)17-11-13-18(14-12-17)36(4,32)33/h5-16H,1-4H3,(H2,28,29,30,31). The van der Waals surface area contributed by atoms with Gasteiger partial charge in [-0.15, -0.1) is 11.3 Å². The summed E-state index contributed by atoms with van der Waals surface area (Å²) >= 11 is 1.26. The van der Waals surface area contributed by atoms with Crippen LogP contribution in [0.3, 0.4) is 0 Å². The Kier molecular flexibility index (Phi) is 7.09. The topological polar surface area (TPSA) is 110 Å². The summed E-state index contributed by atoms with van der Waals surface area (Å²) in [6.07, 6.45) is 2.76. The van der Waals surface area contributed by atoms with Gasteiger partial charge in [0, 0.05) is 29.0 Å². The Morgan fingerprint density at radius 3 is 2.39 bits per heavy atom. The number of anilines is 2. The minimum Gasteiger partial charge on any atom is -0.437 e. The number of sulfone groups is 1. The minimum atomic E-state index is -3.27. The molecule has 2 amide bonds. The lowest BCUT2D eigenvalue weighted by atomic mass is 9.86. The SMILES string of the molecule is CC(C)(C)c1ccccc1Oc1ncccc1NC(=O)Nc1nc(-c2ccc(S(C)(=O)=O)cc2)cs1. The summed E-state index contributed by atoms with van der Waals surface area (Å²) in [5, 5.41) is 7.67. The van der Waals surface area contributed by atoms with Crippen LogP contribution in [0, 0.1) is 0 Å². The van der Waals surface area contributed by atoms with Crippen LogP contribution in [0.1, 0.15) is 26.3 Å². The summed E-state index contributed by atoms with van der Waals surface area (Å²) < 4.78 is 29.4. The molecule has 0 aliphatic rings. The molecule has 186 valence electrons. The summed E-state index contributed by atoms with van der Waals surface area (Å²) in [5.41, 5.74) is 2.66. The van der Waals surface area contributed by atoms with Crippen molar-refractivity contribution in [2.24, 2.45) is 0 Å². The van der Waals surface area contributed by atoms with Crippen molar-refractivity contribution in [2.45, 2.75) is 31.1 Å². The molecule has 10 heteroatoms. The number of aromatic nitrogens is 2. The Hall–Kier alpha value is -3.76. The van der Waals surface area contributed by atoms with E-state index in [9.17, 15) is 13.2 Å². The monoisotopic (exact) mass is 522 g/mol. The van der Waals surface area contributed by atoms with Crippen molar-refractivity contribution in [2.75, 3.05) is 16.9 Å². The van der Waals surface area contributed by atoms with Gasteiger partial charge >= 0.3 is 6.03 Å². The molecule has 2 aromatic heterocycles. The van der Waals surface area contributed by atoms with Gasteiger partial charge in [-0.2, -0.15) is 0 Å². The predicted octanol–water partition coefficient (Wildman–Crippen LogP) is 6.34. The van der Waals surface area contributed by atoms with Crippen molar-refractivity contribution >= 4 is 38.0 Å². The molecule has 0 saturated carbocycles. The highest BCUT2D eigenvalue weighted by molar-refractivity contribution is 7.90. The van der Waals surface area contributed by atoms with Gasteiger partial charge in [-0.25, -0.2) is 23.2 Å². The van der Waals surface area contributed by atoms with E-state index < -0.39 is 15.9 Å². The van der Waals surface area contributed by atoms with Gasteiger partial charge < -0.3 is 10.1 Å². The number of para-hydroxylation sites is 1. The highest BCUT2D eigenvalue weighted by Crippen LogP contribution is 2.35. The smallest absolute Gasteiger partial charge is 0.325 e. The minimum absolute atomic E-state index is 0.135. The Labute approximate surface area is 214 Å². The molecule has 2 aromatic carbocycles. The number of nitrogens with zero attached hydrogens (tertiary/aromatic N) is 2. The number of rotatable bonds is 6. The van der Waals surface area contributed by atoms with E-state index in [2.05, 4.69) is 41.4 Å². The van der Waals surface area contributed by atoms with E-state index in [0.29, 0.717) is 22.3 Å². The molecule has 0 fully saturated rings. The van der Waals surface area contributed by atoms with Crippen LogP contribution in [-0.2, 0) is 15.3 Å². The lowest BCUT2D eigenvalue weighted by molar-refractivity contribution is 0.262. The van der Waals surface area contributed by atoms with Crippen LogP contribution in [0.5, 0.6) is 11.6 Å². The zero-order chi connectivity index (χ0) is 25.9. The van der Waals surface area contributed by atoms with E-state index in [4.69, 9.17) is 4.74 Å². The zero-order valence-corrected chi connectivity index (χ0v) is 21.9. The number of benzene rings is 2. The Balaban J connectivity index is 1.47. The highest BCUT2D eigenvalue weighted by atomic mass is 32.2. The highest BCUT2D eigenvalue weighted by Gasteiger charge is 2.20. The largest absolute Gasteiger partial charge is 0.437 e. The number of pyridine rings is 1. The van der Waals surface area contributed by atoms with E-state index in [1.807, 2.05) is 24.3 Å². The van der Waals surface area contributed by atoms with Gasteiger partial charge in [-0.1, -0.05) is 51.1 Å². The van der Waals surface area contributed by atoms with Gasteiger partial charge in [-0.3, -0.25) is 5.32 Å². The second-order valence-corrected chi connectivity index (χ2v) is 12.0. The van der Waals surface area contributed by atoms with E-state index in [1.165, 1.54) is 23.5 Å². The zero-order valence-electron chi connectivity index (χ0n) is 20.3. The number of amides is 2. The number of hydrogen-bond donors (Lipinski definition) is 2. The van der Waals surface area contributed by atoms with Gasteiger partial charge in [0.2, 0.25) is 5.88 Å². The van der Waals surface area contributed by atoms with Crippen molar-refractivity contribution in [1.29, 1.82) is 0 Å². The first kappa shape index (κ1) is 25.3. The molecule has 8 nitrogen and oxygen atoms in total. The first-order valence-electron chi connectivity index (χ1n) is 11.1. The summed E-state index contributed by atoms with van der Waals surface area (Å²) in [4.78, 5) is 21.7. The maximum Gasteiger partial charge on any atom is 0.325 e. The fourth-order valence-electron chi connectivity index (χ4n) is 3.43. The second-order valence-electron chi connectivity index (χ2n) is 9.12. The van der Waals surface area contributed by atoms with Crippen LogP contribution in [-0.4, -0.2) is 30.7 Å². The number of hydrogen-bond acceptors (Lipinski definition) is 7. The summed E-state index contributed by atoms with van der Waals surface area (Å²) in [6, 6.07) is 17.1. The van der Waals surface area contributed by atoms with E-state index >= 15 is 0 Å². The van der Waals surface area contributed by atoms with Gasteiger partial charge in [0.1, 0.15) is 11.4 Å². The van der Waals surface area contributed by atoms with Crippen molar-refractivity contribution in [3.63, 3.8) is 0 Å². The number of carbonyl (C=O) groups excluding carboxylic acids is 1. The van der Waals surface area contributed by atoms with Crippen LogP contribution in [0.2, 0.25) is 0 Å². The average Bonchev–Trinajstić information content (AvgIpc) is 3.28. The van der Waals surface area contributed by atoms with Crippen LogP contribution >= 0.6 is 11.3 Å². The molecule has 0 aliphatic heterocycles. The van der Waals surface area contributed by atoms with E-state index in [0.717, 1.165) is 17.4 Å². The summed E-state index contributed by atoms with van der Waals surface area (Å²) in [7, 11) is -3.27. The van der Waals surface area contributed by atoms with Gasteiger partial charge in [0.15, 0.2) is 15.0 Å². The van der Waals surface area contributed by atoms with Crippen LogP contribution in [0.15, 0.2) is 77.1 Å². The van der Waals surface area contributed by atoms with Crippen molar-refractivity contribution in [1.82, 2.24) is 9.97 Å². The van der Waals surface area contributed by atoms with Crippen LogP contribution < -0.4 is 15.4 Å². The molecule has 0 saturated heterocycles.